The zero-order chi connectivity index (χ0) is 19.2. The van der Waals surface area contributed by atoms with Gasteiger partial charge in [0, 0.05) is 21.8 Å². The summed E-state index contributed by atoms with van der Waals surface area (Å²) in [7, 11) is 0. The molecule has 29 heavy (non-hydrogen) atoms. The minimum absolute atomic E-state index is 0.734. The Bertz CT molecular complexity index is 1130. The van der Waals surface area contributed by atoms with Crippen LogP contribution in [0.1, 0.15) is 55.1 Å². The average molecular weight is 442 g/mol. The highest BCUT2D eigenvalue weighted by atomic mass is 79.9. The predicted octanol–water partition coefficient (Wildman–Crippen LogP) is 7.57. The van der Waals surface area contributed by atoms with E-state index in [2.05, 4.69) is 70.5 Å². The Morgan fingerprint density at radius 1 is 0.793 bits per heavy atom. The standard InChI is InChI=1S/C27H24BrN/c28-25-4-2-1-3-23(25)17-6-8-26(29-15-17)16-5-7-22-18-9-20-12-21-10-19(24(22)11-16)14-27(20,21)13-18/h1-8,11,15,18-21H,9-10,12-14H2. The number of pyridine rings is 1. The molecule has 1 nitrogen and oxygen atoms in total. The molecule has 0 aliphatic heterocycles. The SMILES string of the molecule is Brc1ccccc1-c1ccc(-c2ccc3c(c2)C2CC4CC5CC3CC54C2)nc1. The van der Waals surface area contributed by atoms with Crippen LogP contribution in [0.4, 0.5) is 0 Å². The van der Waals surface area contributed by atoms with Crippen molar-refractivity contribution in [3.63, 3.8) is 0 Å². The van der Waals surface area contributed by atoms with Crippen molar-refractivity contribution in [1.29, 1.82) is 0 Å². The maximum atomic E-state index is 4.85. The first kappa shape index (κ1) is 16.8. The third-order valence-corrected chi connectivity index (χ3v) is 9.49. The van der Waals surface area contributed by atoms with E-state index >= 15 is 0 Å². The second-order valence-electron chi connectivity index (χ2n) is 9.89. The number of fused-ring (bicyclic) bond motifs is 5. The van der Waals surface area contributed by atoms with Crippen molar-refractivity contribution < 1.29 is 0 Å². The molecule has 7 rings (SSSR count). The maximum Gasteiger partial charge on any atom is 0.0702 e. The number of halogens is 1. The largest absolute Gasteiger partial charge is 0.256 e. The Morgan fingerprint density at radius 2 is 1.55 bits per heavy atom. The number of rotatable bonds is 2. The van der Waals surface area contributed by atoms with Gasteiger partial charge in [0.1, 0.15) is 0 Å². The van der Waals surface area contributed by atoms with Gasteiger partial charge in [-0.15, -0.1) is 0 Å². The normalized spacial score (nSPS) is 33.1. The molecule has 3 aromatic rings. The molecule has 3 bridgehead atoms. The van der Waals surface area contributed by atoms with E-state index in [4.69, 9.17) is 4.98 Å². The van der Waals surface area contributed by atoms with Crippen LogP contribution in [0.5, 0.6) is 0 Å². The van der Waals surface area contributed by atoms with E-state index in [1.165, 1.54) is 43.2 Å². The summed E-state index contributed by atoms with van der Waals surface area (Å²) in [6, 6.07) is 20.0. The Kier molecular flexibility index (Phi) is 3.37. The number of benzene rings is 2. The lowest BCUT2D eigenvalue weighted by atomic mass is 9.56. The summed E-state index contributed by atoms with van der Waals surface area (Å²) < 4.78 is 1.11. The van der Waals surface area contributed by atoms with Crippen molar-refractivity contribution >= 4 is 15.9 Å². The third-order valence-electron chi connectivity index (χ3n) is 8.80. The summed E-state index contributed by atoms with van der Waals surface area (Å²) >= 11 is 3.66. The molecule has 0 amide bonds. The molecule has 4 aliphatic carbocycles. The van der Waals surface area contributed by atoms with Crippen LogP contribution in [-0.2, 0) is 0 Å². The third kappa shape index (κ3) is 2.24. The van der Waals surface area contributed by atoms with Gasteiger partial charge in [-0.3, -0.25) is 4.98 Å². The summed E-state index contributed by atoms with van der Waals surface area (Å²) in [5.41, 5.74) is 8.80. The van der Waals surface area contributed by atoms with Crippen LogP contribution in [0.3, 0.4) is 0 Å². The van der Waals surface area contributed by atoms with Crippen LogP contribution >= 0.6 is 15.9 Å². The van der Waals surface area contributed by atoms with Gasteiger partial charge in [-0.25, -0.2) is 0 Å². The van der Waals surface area contributed by atoms with Crippen molar-refractivity contribution in [1.82, 2.24) is 4.98 Å². The molecule has 5 unspecified atom stereocenters. The summed E-state index contributed by atoms with van der Waals surface area (Å²) in [6.45, 7) is 0. The van der Waals surface area contributed by atoms with Crippen LogP contribution in [0.2, 0.25) is 0 Å². The molecule has 1 aromatic heterocycles. The molecule has 5 atom stereocenters. The highest BCUT2D eigenvalue weighted by Gasteiger charge is 2.65. The Labute approximate surface area is 180 Å². The van der Waals surface area contributed by atoms with Crippen LogP contribution in [0, 0.1) is 17.3 Å². The average Bonchev–Trinajstić information content (AvgIpc) is 3.17. The number of nitrogens with zero attached hydrogens (tertiary/aromatic N) is 1. The zero-order valence-electron chi connectivity index (χ0n) is 16.4. The quantitative estimate of drug-likeness (QED) is 0.399. The smallest absolute Gasteiger partial charge is 0.0702 e. The van der Waals surface area contributed by atoms with Crippen LogP contribution in [0.25, 0.3) is 22.4 Å². The highest BCUT2D eigenvalue weighted by molar-refractivity contribution is 9.10. The first-order valence-corrected chi connectivity index (χ1v) is 11.9. The van der Waals surface area contributed by atoms with Gasteiger partial charge in [0.25, 0.3) is 0 Å². The van der Waals surface area contributed by atoms with Crippen LogP contribution in [-0.4, -0.2) is 4.98 Å². The number of hydrogen-bond donors (Lipinski definition) is 0. The fraction of sp³-hybridized carbons (Fsp3) is 0.370. The topological polar surface area (TPSA) is 12.9 Å². The predicted molar refractivity (Wildman–Crippen MR) is 121 cm³/mol. The van der Waals surface area contributed by atoms with E-state index in [1.54, 1.807) is 11.1 Å². The molecular weight excluding hydrogens is 418 g/mol. The Balaban J connectivity index is 1.27. The van der Waals surface area contributed by atoms with Crippen molar-refractivity contribution in [2.45, 2.75) is 43.9 Å². The van der Waals surface area contributed by atoms with E-state index in [-0.39, 0.29) is 0 Å². The minimum atomic E-state index is 0.734. The van der Waals surface area contributed by atoms with Crippen molar-refractivity contribution in [2.24, 2.45) is 17.3 Å². The summed E-state index contributed by atoms with van der Waals surface area (Å²) in [5.74, 6) is 3.69. The molecular formula is C27H24BrN. The molecule has 2 aromatic carbocycles. The van der Waals surface area contributed by atoms with Crippen molar-refractivity contribution in [3.8, 4) is 22.4 Å². The van der Waals surface area contributed by atoms with Gasteiger partial charge in [0.2, 0.25) is 0 Å². The molecule has 144 valence electrons. The van der Waals surface area contributed by atoms with Gasteiger partial charge in [-0.2, -0.15) is 0 Å². The zero-order valence-corrected chi connectivity index (χ0v) is 18.0. The molecule has 3 fully saturated rings. The molecule has 2 heteroatoms. The molecule has 1 spiro atoms. The van der Waals surface area contributed by atoms with E-state index in [0.717, 1.165) is 44.8 Å². The van der Waals surface area contributed by atoms with Crippen molar-refractivity contribution in [2.75, 3.05) is 0 Å². The van der Waals surface area contributed by atoms with Gasteiger partial charge >= 0.3 is 0 Å². The van der Waals surface area contributed by atoms with Gasteiger partial charge in [-0.05, 0) is 96.1 Å². The first-order chi connectivity index (χ1) is 14.2. The van der Waals surface area contributed by atoms with E-state index in [0.29, 0.717) is 0 Å². The lowest BCUT2D eigenvalue weighted by Gasteiger charge is -2.48. The number of aromatic nitrogens is 1. The van der Waals surface area contributed by atoms with Crippen LogP contribution < -0.4 is 0 Å². The molecule has 3 saturated carbocycles. The molecule has 1 heterocycles. The van der Waals surface area contributed by atoms with Gasteiger partial charge < -0.3 is 0 Å². The Morgan fingerprint density at radius 3 is 2.31 bits per heavy atom. The fourth-order valence-electron chi connectivity index (χ4n) is 7.52. The second kappa shape index (κ2) is 5.82. The summed E-state index contributed by atoms with van der Waals surface area (Å²) in [5, 5.41) is 0. The fourth-order valence-corrected chi connectivity index (χ4v) is 8.03. The number of hydrogen-bond acceptors (Lipinski definition) is 1. The second-order valence-corrected chi connectivity index (χ2v) is 10.7. The van der Waals surface area contributed by atoms with E-state index < -0.39 is 0 Å². The Hall–Kier alpha value is -1.93. The van der Waals surface area contributed by atoms with Crippen LogP contribution in [0.15, 0.2) is 65.3 Å². The molecule has 0 radical (unpaired) electrons. The highest BCUT2D eigenvalue weighted by Crippen LogP contribution is 2.75. The van der Waals surface area contributed by atoms with E-state index in [1.807, 2.05) is 6.20 Å². The molecule has 4 aliphatic rings. The lowest BCUT2D eigenvalue weighted by molar-refractivity contribution is 0.00322. The monoisotopic (exact) mass is 441 g/mol. The summed E-state index contributed by atoms with van der Waals surface area (Å²) in [6.07, 6.45) is 9.37. The summed E-state index contributed by atoms with van der Waals surface area (Å²) in [4.78, 5) is 4.85. The van der Waals surface area contributed by atoms with E-state index in [9.17, 15) is 0 Å². The van der Waals surface area contributed by atoms with Gasteiger partial charge in [0.05, 0.1) is 5.69 Å². The minimum Gasteiger partial charge on any atom is -0.256 e. The van der Waals surface area contributed by atoms with Crippen molar-refractivity contribution in [3.05, 3.63) is 76.4 Å². The van der Waals surface area contributed by atoms with Gasteiger partial charge in [-0.1, -0.05) is 52.3 Å². The molecule has 0 saturated heterocycles. The van der Waals surface area contributed by atoms with Gasteiger partial charge in [0.15, 0.2) is 0 Å². The maximum absolute atomic E-state index is 4.85. The molecule has 0 N–H and O–H groups in total. The first-order valence-electron chi connectivity index (χ1n) is 11.1. The lowest BCUT2D eigenvalue weighted by Crippen LogP contribution is -2.41.